The topological polar surface area (TPSA) is 51.2 Å². The van der Waals surface area contributed by atoms with Gasteiger partial charge < -0.3 is 10.1 Å². The van der Waals surface area contributed by atoms with Crippen LogP contribution >= 0.6 is 11.8 Å². The van der Waals surface area contributed by atoms with Crippen molar-refractivity contribution in [3.05, 3.63) is 42.1 Å². The van der Waals surface area contributed by atoms with E-state index in [0.717, 1.165) is 29.9 Å². The number of amides is 1. The van der Waals surface area contributed by atoms with Crippen LogP contribution in [0, 0.1) is 5.92 Å². The molecule has 2 rings (SSSR count). The van der Waals surface area contributed by atoms with Gasteiger partial charge >= 0.3 is 6.09 Å². The van der Waals surface area contributed by atoms with E-state index in [9.17, 15) is 4.79 Å². The summed E-state index contributed by atoms with van der Waals surface area (Å²) in [7, 11) is 0. The average Bonchev–Trinajstić information content (AvgIpc) is 2.58. The normalized spacial score (nSPS) is 12.8. The number of hydrogen-bond acceptors (Lipinski definition) is 4. The first-order valence-corrected chi connectivity index (χ1v) is 10.4. The SMILES string of the molecule is CCC[C@@H](CNC(=O)OC(C)(C)C)CSCc1cnc2ccccc2c1. The summed E-state index contributed by atoms with van der Waals surface area (Å²) in [5, 5.41) is 4.09. The molecule has 0 unspecified atom stereocenters. The van der Waals surface area contributed by atoms with Gasteiger partial charge in [-0.05, 0) is 56.6 Å². The Bertz CT molecular complexity index is 712. The Labute approximate surface area is 161 Å². The highest BCUT2D eigenvalue weighted by Gasteiger charge is 2.17. The smallest absolute Gasteiger partial charge is 0.407 e. The van der Waals surface area contributed by atoms with Crippen LogP contribution in [-0.4, -0.2) is 29.0 Å². The van der Waals surface area contributed by atoms with Crippen LogP contribution in [0.25, 0.3) is 10.9 Å². The highest BCUT2D eigenvalue weighted by atomic mass is 32.2. The molecule has 0 aliphatic heterocycles. The molecule has 5 heteroatoms. The zero-order valence-electron chi connectivity index (χ0n) is 16.2. The molecular formula is C21H30N2O2S. The van der Waals surface area contributed by atoms with Gasteiger partial charge in [0.1, 0.15) is 5.60 Å². The lowest BCUT2D eigenvalue weighted by Crippen LogP contribution is -2.35. The lowest BCUT2D eigenvalue weighted by molar-refractivity contribution is 0.0520. The summed E-state index contributed by atoms with van der Waals surface area (Å²) in [6.45, 7) is 8.47. The molecule has 0 spiro atoms. The van der Waals surface area contributed by atoms with Crippen LogP contribution in [0.3, 0.4) is 0 Å². The molecular weight excluding hydrogens is 344 g/mol. The number of rotatable bonds is 8. The van der Waals surface area contributed by atoms with Crippen LogP contribution in [-0.2, 0) is 10.5 Å². The number of carbonyl (C=O) groups is 1. The first-order chi connectivity index (χ1) is 12.4. The molecule has 0 saturated carbocycles. The number of carbonyl (C=O) groups excluding carboxylic acids is 1. The van der Waals surface area contributed by atoms with E-state index < -0.39 is 5.60 Å². The number of thioether (sulfide) groups is 1. The molecule has 0 aliphatic rings. The van der Waals surface area contributed by atoms with E-state index >= 15 is 0 Å². The van der Waals surface area contributed by atoms with Crippen LogP contribution in [0.2, 0.25) is 0 Å². The minimum Gasteiger partial charge on any atom is -0.444 e. The number of aromatic nitrogens is 1. The van der Waals surface area contributed by atoms with Gasteiger partial charge in [-0.1, -0.05) is 31.5 Å². The Balaban J connectivity index is 1.80. The number of alkyl carbamates (subject to hydrolysis) is 1. The zero-order valence-corrected chi connectivity index (χ0v) is 17.1. The number of pyridine rings is 1. The minimum atomic E-state index is -0.456. The minimum absolute atomic E-state index is 0.331. The molecule has 0 bridgehead atoms. The Morgan fingerprint density at radius 2 is 2.08 bits per heavy atom. The number of benzene rings is 1. The van der Waals surface area contributed by atoms with Crippen LogP contribution in [0.4, 0.5) is 4.79 Å². The highest BCUT2D eigenvalue weighted by molar-refractivity contribution is 7.98. The van der Waals surface area contributed by atoms with E-state index in [1.165, 1.54) is 10.9 Å². The van der Waals surface area contributed by atoms with E-state index in [1.807, 2.05) is 56.9 Å². The predicted octanol–water partition coefficient (Wildman–Crippen LogP) is 5.41. The van der Waals surface area contributed by atoms with Gasteiger partial charge in [0.25, 0.3) is 0 Å². The molecule has 1 heterocycles. The van der Waals surface area contributed by atoms with Crippen molar-refractivity contribution in [1.82, 2.24) is 10.3 Å². The van der Waals surface area contributed by atoms with Crippen molar-refractivity contribution >= 4 is 28.8 Å². The zero-order chi connectivity index (χ0) is 19.0. The molecule has 1 aromatic carbocycles. The molecule has 0 fully saturated rings. The lowest BCUT2D eigenvalue weighted by Gasteiger charge is -2.21. The number of nitrogens with zero attached hydrogens (tertiary/aromatic N) is 1. The maximum atomic E-state index is 11.8. The Morgan fingerprint density at radius 1 is 1.31 bits per heavy atom. The number of ether oxygens (including phenoxy) is 1. The molecule has 26 heavy (non-hydrogen) atoms. The third-order valence-corrected chi connectivity index (χ3v) is 5.14. The van der Waals surface area contributed by atoms with Gasteiger partial charge in [0.15, 0.2) is 0 Å². The van der Waals surface area contributed by atoms with Crippen LogP contribution in [0.1, 0.15) is 46.1 Å². The van der Waals surface area contributed by atoms with Gasteiger partial charge in [0, 0.05) is 23.9 Å². The number of nitrogens with one attached hydrogen (secondary N) is 1. The van der Waals surface area contributed by atoms with Gasteiger partial charge in [-0.3, -0.25) is 4.98 Å². The number of fused-ring (bicyclic) bond motifs is 1. The van der Waals surface area contributed by atoms with Crippen molar-refractivity contribution in [1.29, 1.82) is 0 Å². The second-order valence-corrected chi connectivity index (χ2v) is 8.62. The van der Waals surface area contributed by atoms with Crippen molar-refractivity contribution in [2.75, 3.05) is 12.3 Å². The predicted molar refractivity (Wildman–Crippen MR) is 111 cm³/mol. The molecule has 0 radical (unpaired) electrons. The monoisotopic (exact) mass is 374 g/mol. The fraction of sp³-hybridized carbons (Fsp3) is 0.524. The maximum Gasteiger partial charge on any atom is 0.407 e. The van der Waals surface area contributed by atoms with Crippen LogP contribution in [0.15, 0.2) is 36.5 Å². The molecule has 4 nitrogen and oxygen atoms in total. The van der Waals surface area contributed by atoms with Crippen molar-refractivity contribution in [3.63, 3.8) is 0 Å². The van der Waals surface area contributed by atoms with Crippen molar-refractivity contribution in [2.45, 2.75) is 51.9 Å². The molecule has 1 amide bonds. The number of para-hydroxylation sites is 1. The highest BCUT2D eigenvalue weighted by Crippen LogP contribution is 2.20. The van der Waals surface area contributed by atoms with Gasteiger partial charge in [-0.15, -0.1) is 0 Å². The van der Waals surface area contributed by atoms with E-state index in [-0.39, 0.29) is 6.09 Å². The second-order valence-electron chi connectivity index (χ2n) is 7.59. The van der Waals surface area contributed by atoms with E-state index in [4.69, 9.17) is 4.74 Å². The Kier molecular flexibility index (Phi) is 7.76. The molecule has 1 atom stereocenters. The molecule has 1 aromatic heterocycles. The Hall–Kier alpha value is -1.75. The first kappa shape index (κ1) is 20.6. The van der Waals surface area contributed by atoms with Gasteiger partial charge in [-0.2, -0.15) is 11.8 Å². The lowest BCUT2D eigenvalue weighted by atomic mass is 10.1. The fourth-order valence-corrected chi connectivity index (χ4v) is 3.86. The number of hydrogen-bond donors (Lipinski definition) is 1. The molecule has 0 saturated heterocycles. The second kappa shape index (κ2) is 9.81. The van der Waals surface area contributed by atoms with E-state index in [0.29, 0.717) is 12.5 Å². The fourth-order valence-electron chi connectivity index (χ4n) is 2.73. The van der Waals surface area contributed by atoms with Gasteiger partial charge in [-0.25, -0.2) is 4.79 Å². The van der Waals surface area contributed by atoms with Crippen molar-refractivity contribution in [3.8, 4) is 0 Å². The first-order valence-electron chi connectivity index (χ1n) is 9.25. The van der Waals surface area contributed by atoms with E-state index in [2.05, 4.69) is 29.4 Å². The summed E-state index contributed by atoms with van der Waals surface area (Å²) < 4.78 is 5.32. The molecule has 142 valence electrons. The summed E-state index contributed by atoms with van der Waals surface area (Å²) in [5.74, 6) is 2.40. The summed E-state index contributed by atoms with van der Waals surface area (Å²) in [6.07, 6.45) is 3.84. The third-order valence-electron chi connectivity index (χ3n) is 3.90. The van der Waals surface area contributed by atoms with Crippen molar-refractivity contribution < 1.29 is 9.53 Å². The Morgan fingerprint density at radius 3 is 2.81 bits per heavy atom. The van der Waals surface area contributed by atoms with Crippen LogP contribution in [0.5, 0.6) is 0 Å². The summed E-state index contributed by atoms with van der Waals surface area (Å²) in [6, 6.07) is 10.4. The quantitative estimate of drug-likeness (QED) is 0.671. The van der Waals surface area contributed by atoms with Gasteiger partial charge in [0.05, 0.1) is 5.52 Å². The summed E-state index contributed by atoms with van der Waals surface area (Å²) >= 11 is 1.90. The van der Waals surface area contributed by atoms with Crippen molar-refractivity contribution in [2.24, 2.45) is 5.92 Å². The molecule has 0 aliphatic carbocycles. The molecule has 1 N–H and O–H groups in total. The van der Waals surface area contributed by atoms with Crippen LogP contribution < -0.4 is 5.32 Å². The van der Waals surface area contributed by atoms with E-state index in [1.54, 1.807) is 0 Å². The molecule has 2 aromatic rings. The average molecular weight is 375 g/mol. The third kappa shape index (κ3) is 7.24. The standard InChI is InChI=1S/C21H30N2O2S/c1-5-8-16(12-23-20(24)25-21(2,3)4)14-26-15-17-11-18-9-6-7-10-19(18)22-13-17/h6-7,9-11,13,16H,5,8,12,14-15H2,1-4H3,(H,23,24)/t16-/m0/s1. The van der Waals surface area contributed by atoms with Gasteiger partial charge in [0.2, 0.25) is 0 Å². The largest absolute Gasteiger partial charge is 0.444 e. The maximum absolute atomic E-state index is 11.8. The summed E-state index contributed by atoms with van der Waals surface area (Å²) in [4.78, 5) is 16.4. The summed E-state index contributed by atoms with van der Waals surface area (Å²) in [5.41, 5.74) is 1.82.